The van der Waals surface area contributed by atoms with Crippen LogP contribution in [0.15, 0.2) is 59.5 Å². The van der Waals surface area contributed by atoms with E-state index in [1.807, 2.05) is 0 Å². The highest BCUT2D eigenvalue weighted by Crippen LogP contribution is 2.33. The molecule has 3 rings (SSSR count). The first-order valence-corrected chi connectivity index (χ1v) is 12.3. The summed E-state index contributed by atoms with van der Waals surface area (Å²) in [5.41, 5.74) is 1.05. The average Bonchev–Trinajstić information content (AvgIpc) is 2.77. The molecule has 0 radical (unpaired) electrons. The van der Waals surface area contributed by atoms with Crippen LogP contribution in [0.4, 0.5) is 5.69 Å². The number of anilines is 1. The van der Waals surface area contributed by atoms with Crippen molar-refractivity contribution >= 4 is 68.0 Å². The number of benzene rings is 3. The van der Waals surface area contributed by atoms with Crippen LogP contribution in [0.2, 0.25) is 20.1 Å². The van der Waals surface area contributed by atoms with Crippen molar-refractivity contribution in [1.29, 1.82) is 0 Å². The maximum absolute atomic E-state index is 12.9. The molecule has 0 aromatic heterocycles. The number of ether oxygens (including phenoxy) is 1. The third-order valence-electron chi connectivity index (χ3n) is 4.72. The Morgan fingerprint density at radius 2 is 1.58 bits per heavy atom. The van der Waals surface area contributed by atoms with Crippen molar-refractivity contribution in [2.45, 2.75) is 11.4 Å². The summed E-state index contributed by atoms with van der Waals surface area (Å²) >= 11 is 23.9. The molecule has 0 aliphatic heterocycles. The molecule has 0 saturated heterocycles. The Bertz CT molecular complexity index is 1300. The summed E-state index contributed by atoms with van der Waals surface area (Å²) in [6.07, 6.45) is 0. The Kier molecular flexibility index (Phi) is 8.16. The van der Waals surface area contributed by atoms with Gasteiger partial charge in [0.1, 0.15) is 5.75 Å². The largest absolute Gasteiger partial charge is 0.496 e. The molecule has 0 unspecified atom stereocenters. The van der Waals surface area contributed by atoms with Gasteiger partial charge in [0.2, 0.25) is 10.0 Å². The van der Waals surface area contributed by atoms with E-state index in [2.05, 4.69) is 5.32 Å². The molecule has 0 saturated carbocycles. The van der Waals surface area contributed by atoms with Crippen molar-refractivity contribution in [3.63, 3.8) is 0 Å². The van der Waals surface area contributed by atoms with Crippen LogP contribution in [0.5, 0.6) is 5.75 Å². The van der Waals surface area contributed by atoms with E-state index in [4.69, 9.17) is 51.1 Å². The van der Waals surface area contributed by atoms with E-state index in [1.165, 1.54) is 50.6 Å². The number of nitrogens with one attached hydrogen (secondary N) is 1. The molecule has 1 amide bonds. The molecule has 3 aromatic carbocycles. The van der Waals surface area contributed by atoms with Crippen LogP contribution in [0.25, 0.3) is 0 Å². The molecule has 0 aliphatic carbocycles. The standard InChI is InChI=1S/C22H18Cl4N2O4S/c1-28(33(30,31)16-6-4-15(23)5-7-16)12-14-9-13(3-8-21(14)32-2)22(29)27-20-11-18(25)17(24)10-19(20)26/h3-11H,12H2,1-2H3,(H,27,29). The van der Waals surface area contributed by atoms with Gasteiger partial charge in [0.15, 0.2) is 0 Å². The fourth-order valence-corrected chi connectivity index (χ4v) is 4.84. The van der Waals surface area contributed by atoms with Gasteiger partial charge in [-0.3, -0.25) is 4.79 Å². The van der Waals surface area contributed by atoms with Gasteiger partial charge in [0.05, 0.1) is 32.8 Å². The molecular weight excluding hydrogens is 530 g/mol. The monoisotopic (exact) mass is 546 g/mol. The van der Waals surface area contributed by atoms with Crippen LogP contribution in [0, 0.1) is 0 Å². The zero-order valence-corrected chi connectivity index (χ0v) is 21.2. The number of rotatable bonds is 7. The molecule has 33 heavy (non-hydrogen) atoms. The number of amides is 1. The summed E-state index contributed by atoms with van der Waals surface area (Å²) < 4.78 is 32.4. The lowest BCUT2D eigenvalue weighted by Crippen LogP contribution is -2.27. The summed E-state index contributed by atoms with van der Waals surface area (Å²) in [7, 11) is -0.905. The van der Waals surface area contributed by atoms with Crippen LogP contribution in [-0.4, -0.2) is 32.8 Å². The number of sulfonamides is 1. The molecule has 0 spiro atoms. The second-order valence-electron chi connectivity index (χ2n) is 6.94. The van der Waals surface area contributed by atoms with Crippen LogP contribution >= 0.6 is 46.4 Å². The maximum atomic E-state index is 12.9. The zero-order chi connectivity index (χ0) is 24.3. The summed E-state index contributed by atoms with van der Waals surface area (Å²) in [4.78, 5) is 12.9. The van der Waals surface area contributed by atoms with Gasteiger partial charge in [-0.15, -0.1) is 0 Å². The highest BCUT2D eigenvalue weighted by atomic mass is 35.5. The minimum Gasteiger partial charge on any atom is -0.496 e. The third-order valence-corrected chi connectivity index (χ3v) is 7.82. The molecule has 0 bridgehead atoms. The van der Waals surface area contributed by atoms with Crippen molar-refractivity contribution < 1.29 is 17.9 Å². The fourth-order valence-electron chi connectivity index (χ4n) is 2.97. The first-order chi connectivity index (χ1) is 15.5. The van der Waals surface area contributed by atoms with E-state index >= 15 is 0 Å². The van der Waals surface area contributed by atoms with E-state index in [1.54, 1.807) is 18.2 Å². The number of methoxy groups -OCH3 is 1. The van der Waals surface area contributed by atoms with Crippen molar-refractivity contribution in [3.8, 4) is 5.75 Å². The zero-order valence-electron chi connectivity index (χ0n) is 17.4. The number of carbonyl (C=O) groups is 1. The predicted molar refractivity (Wildman–Crippen MR) is 133 cm³/mol. The van der Waals surface area contributed by atoms with Crippen molar-refractivity contribution in [3.05, 3.63) is 85.8 Å². The smallest absolute Gasteiger partial charge is 0.255 e. The van der Waals surface area contributed by atoms with Crippen molar-refractivity contribution in [2.75, 3.05) is 19.5 Å². The van der Waals surface area contributed by atoms with Crippen LogP contribution < -0.4 is 10.1 Å². The normalized spacial score (nSPS) is 11.5. The van der Waals surface area contributed by atoms with Gasteiger partial charge >= 0.3 is 0 Å². The SMILES string of the molecule is COc1ccc(C(=O)Nc2cc(Cl)c(Cl)cc2Cl)cc1CN(C)S(=O)(=O)c1ccc(Cl)cc1. The molecule has 0 aliphatic rings. The predicted octanol–water partition coefficient (Wildman–Crippen LogP) is 6.38. The summed E-state index contributed by atoms with van der Waals surface area (Å²) in [5, 5.41) is 3.82. The Hall–Kier alpha value is -2.00. The summed E-state index contributed by atoms with van der Waals surface area (Å²) in [5.74, 6) is -0.0420. The highest BCUT2D eigenvalue weighted by molar-refractivity contribution is 7.89. The summed E-state index contributed by atoms with van der Waals surface area (Å²) in [6, 6.07) is 13.4. The van der Waals surface area contributed by atoms with Gasteiger partial charge < -0.3 is 10.1 Å². The molecule has 0 fully saturated rings. The highest BCUT2D eigenvalue weighted by Gasteiger charge is 2.23. The fraction of sp³-hybridized carbons (Fsp3) is 0.136. The summed E-state index contributed by atoms with van der Waals surface area (Å²) in [6.45, 7) is -0.0389. The molecular formula is C22H18Cl4N2O4S. The number of carbonyl (C=O) groups excluding carboxylic acids is 1. The number of hydrogen-bond donors (Lipinski definition) is 1. The Morgan fingerprint density at radius 3 is 2.21 bits per heavy atom. The number of hydrogen-bond acceptors (Lipinski definition) is 4. The Morgan fingerprint density at radius 1 is 0.939 bits per heavy atom. The molecule has 1 N–H and O–H groups in total. The number of nitrogens with zero attached hydrogens (tertiary/aromatic N) is 1. The minimum absolute atomic E-state index is 0.0389. The molecule has 0 atom stereocenters. The lowest BCUT2D eigenvalue weighted by molar-refractivity contribution is 0.102. The quantitative estimate of drug-likeness (QED) is 0.348. The van der Waals surface area contributed by atoms with Crippen LogP contribution in [-0.2, 0) is 16.6 Å². The first kappa shape index (κ1) is 25.6. The molecule has 0 heterocycles. The van der Waals surface area contributed by atoms with Gasteiger partial charge in [-0.2, -0.15) is 4.31 Å². The minimum atomic E-state index is -3.80. The number of halogens is 4. The average molecular weight is 548 g/mol. The van der Waals surface area contributed by atoms with Crippen molar-refractivity contribution in [2.24, 2.45) is 0 Å². The Labute approximate surface area is 212 Å². The topological polar surface area (TPSA) is 75.7 Å². The Balaban J connectivity index is 1.87. The van der Waals surface area contributed by atoms with Crippen molar-refractivity contribution in [1.82, 2.24) is 4.31 Å². The van der Waals surface area contributed by atoms with E-state index < -0.39 is 15.9 Å². The molecule has 3 aromatic rings. The van der Waals surface area contributed by atoms with Gasteiger partial charge in [0, 0.05) is 29.7 Å². The van der Waals surface area contributed by atoms with Gasteiger partial charge in [0.25, 0.3) is 5.91 Å². The maximum Gasteiger partial charge on any atom is 0.255 e. The van der Waals surface area contributed by atoms with Crippen LogP contribution in [0.1, 0.15) is 15.9 Å². The molecule has 6 nitrogen and oxygen atoms in total. The lowest BCUT2D eigenvalue weighted by Gasteiger charge is -2.19. The van der Waals surface area contributed by atoms with E-state index in [-0.39, 0.29) is 37.8 Å². The first-order valence-electron chi connectivity index (χ1n) is 9.37. The van der Waals surface area contributed by atoms with Gasteiger partial charge in [-0.1, -0.05) is 46.4 Å². The molecule has 174 valence electrons. The van der Waals surface area contributed by atoms with E-state index in [9.17, 15) is 13.2 Å². The van der Waals surface area contributed by atoms with Gasteiger partial charge in [-0.05, 0) is 54.6 Å². The molecule has 11 heteroatoms. The van der Waals surface area contributed by atoms with E-state index in [0.29, 0.717) is 16.3 Å². The van der Waals surface area contributed by atoms with E-state index in [0.717, 1.165) is 4.31 Å². The van der Waals surface area contributed by atoms with Gasteiger partial charge in [-0.25, -0.2) is 8.42 Å². The second-order valence-corrected chi connectivity index (χ2v) is 10.6. The third kappa shape index (κ3) is 5.93. The van der Waals surface area contributed by atoms with Crippen LogP contribution in [0.3, 0.4) is 0 Å². The second kappa shape index (κ2) is 10.5. The lowest BCUT2D eigenvalue weighted by atomic mass is 10.1.